The Labute approximate surface area is 277 Å². The minimum atomic E-state index is -6.09. The summed E-state index contributed by atoms with van der Waals surface area (Å²) in [6, 6.07) is 36.5. The Balaban J connectivity index is 0.000000449. The van der Waals surface area contributed by atoms with Crippen molar-refractivity contribution in [2.24, 2.45) is 0 Å². The largest absolute Gasteiger partial charge is 0.741 e. The van der Waals surface area contributed by atoms with Gasteiger partial charge in [0.15, 0.2) is 16.7 Å². The van der Waals surface area contributed by atoms with Gasteiger partial charge in [0.2, 0.25) is 11.4 Å². The van der Waals surface area contributed by atoms with Crippen molar-refractivity contribution in [1.29, 1.82) is 0 Å². The molecule has 0 spiro atoms. The number of alkyl halides is 3. The van der Waals surface area contributed by atoms with Crippen molar-refractivity contribution in [3.63, 3.8) is 0 Å². The number of benzene rings is 4. The molecule has 2 aliphatic rings. The van der Waals surface area contributed by atoms with Gasteiger partial charge in [0, 0.05) is 33.4 Å². The van der Waals surface area contributed by atoms with E-state index in [1.807, 2.05) is 31.2 Å². The van der Waals surface area contributed by atoms with E-state index in [4.69, 9.17) is 13.0 Å². The first kappa shape index (κ1) is 33.1. The van der Waals surface area contributed by atoms with Crippen LogP contribution >= 0.6 is 0 Å². The molecule has 48 heavy (non-hydrogen) atoms. The summed E-state index contributed by atoms with van der Waals surface area (Å²) in [6.45, 7) is 3.31. The molecule has 1 N–H and O–H groups in total. The van der Waals surface area contributed by atoms with E-state index >= 15 is 0 Å². The Hall–Kier alpha value is -4.80. The molecule has 0 radical (unpaired) electrons. The van der Waals surface area contributed by atoms with Gasteiger partial charge in [0.25, 0.3) is 5.91 Å². The Kier molecular flexibility index (Phi) is 9.22. The lowest BCUT2D eigenvalue weighted by molar-refractivity contribution is -0.674. The number of rotatable bonds is 5. The van der Waals surface area contributed by atoms with Gasteiger partial charge in [-0.1, -0.05) is 84.4 Å². The van der Waals surface area contributed by atoms with Crippen molar-refractivity contribution in [2.45, 2.75) is 44.7 Å². The molecule has 4 aromatic carbocycles. The molecule has 0 fully saturated rings. The van der Waals surface area contributed by atoms with Crippen molar-refractivity contribution < 1.29 is 35.5 Å². The van der Waals surface area contributed by atoms with Crippen LogP contribution in [0.2, 0.25) is 0 Å². The van der Waals surface area contributed by atoms with Gasteiger partial charge in [-0.3, -0.25) is 4.79 Å². The number of hydrogen-bond acceptors (Lipinski definition) is 4. The molecule has 0 atom stereocenters. The van der Waals surface area contributed by atoms with E-state index in [0.29, 0.717) is 18.7 Å². The zero-order valence-electron chi connectivity index (χ0n) is 26.2. The summed E-state index contributed by atoms with van der Waals surface area (Å²) in [4.78, 5) is 13.0. The number of carbonyl (C=O) groups is 1. The van der Waals surface area contributed by atoms with Crippen molar-refractivity contribution in [3.05, 3.63) is 137 Å². The summed E-state index contributed by atoms with van der Waals surface area (Å²) in [5.74, 6) is -0.0231. The van der Waals surface area contributed by atoms with E-state index < -0.39 is 15.6 Å². The van der Waals surface area contributed by atoms with Crippen LogP contribution < -0.4 is 9.88 Å². The van der Waals surface area contributed by atoms with E-state index in [1.165, 1.54) is 55.9 Å². The maximum Gasteiger partial charge on any atom is 0.485 e. The lowest BCUT2D eigenvalue weighted by Gasteiger charge is -2.28. The molecule has 6 nitrogen and oxygen atoms in total. The number of aromatic nitrogens is 1. The summed E-state index contributed by atoms with van der Waals surface area (Å²) < 4.78 is 61.4. The standard InChI is InChI=1S/C37H32N2O.CHF3O3S/c1-25-15-17-29(18-16-25)37(40)38-23-24-39-35-30-13-7-5-9-26(30)19-21-32(35)34(28-11-3-2-4-12-28)33-22-20-27-10-6-8-14-31(27)36(33)39;2-1(3,4)8(5,6)7/h2-18H,19-24H2,1H3;(H,5,6,7). The number of hydrogen-bond donors (Lipinski definition) is 1. The SMILES string of the molecule is Cc1ccc(C(=O)NCC[n+]2c3c(c(-c4ccccc4)c4c2-c2ccccc2CC4)CCc2ccccc2-3)cc1.O=S(=O)([O-])C(F)(F)F. The van der Waals surface area contributed by atoms with Gasteiger partial charge in [-0.2, -0.15) is 17.7 Å². The third kappa shape index (κ3) is 6.63. The van der Waals surface area contributed by atoms with Crippen LogP contribution in [-0.4, -0.2) is 30.9 Å². The van der Waals surface area contributed by atoms with Gasteiger partial charge >= 0.3 is 5.51 Å². The van der Waals surface area contributed by atoms with Crippen molar-refractivity contribution in [1.82, 2.24) is 5.32 Å². The van der Waals surface area contributed by atoms with E-state index in [1.54, 1.807) is 0 Å². The molecule has 2 aliphatic carbocycles. The van der Waals surface area contributed by atoms with Gasteiger partial charge in [0.1, 0.15) is 0 Å². The van der Waals surface area contributed by atoms with Crippen molar-refractivity contribution in [3.8, 4) is 33.6 Å². The number of nitrogens with one attached hydrogen (secondary N) is 1. The van der Waals surface area contributed by atoms with Gasteiger partial charge in [-0.25, -0.2) is 8.42 Å². The Morgan fingerprint density at radius 1 is 0.750 bits per heavy atom. The molecule has 0 saturated heterocycles. The highest BCUT2D eigenvalue weighted by molar-refractivity contribution is 7.86. The topological polar surface area (TPSA) is 90.2 Å². The molecule has 7 rings (SSSR count). The first-order valence-corrected chi connectivity index (χ1v) is 17.1. The van der Waals surface area contributed by atoms with Gasteiger partial charge in [-0.15, -0.1) is 0 Å². The Bertz CT molecular complexity index is 2020. The van der Waals surface area contributed by atoms with Crippen LogP contribution in [0.25, 0.3) is 33.6 Å². The normalized spacial score (nSPS) is 13.2. The quantitative estimate of drug-likeness (QED) is 0.124. The molecule has 246 valence electrons. The molecule has 0 saturated carbocycles. The molecule has 0 aliphatic heterocycles. The van der Waals surface area contributed by atoms with Crippen LogP contribution in [0, 0.1) is 6.92 Å². The third-order valence-electron chi connectivity index (χ3n) is 8.83. The van der Waals surface area contributed by atoms with Crippen LogP contribution in [0.5, 0.6) is 0 Å². The fraction of sp³-hybridized carbons (Fsp3) is 0.211. The minimum absolute atomic E-state index is 0.0231. The number of pyridine rings is 1. The molecule has 10 heteroatoms. The minimum Gasteiger partial charge on any atom is -0.741 e. The number of fused-ring (bicyclic) bond motifs is 6. The molecular formula is C38H33F3N2O4S. The summed E-state index contributed by atoms with van der Waals surface area (Å²) in [5.41, 5.74) is 9.84. The second-order valence-corrected chi connectivity index (χ2v) is 13.3. The van der Waals surface area contributed by atoms with Gasteiger partial charge in [0.05, 0.1) is 6.54 Å². The number of carbonyl (C=O) groups excluding carboxylic acids is 1. The number of nitrogens with zero attached hydrogens (tertiary/aromatic N) is 1. The molecule has 1 amide bonds. The average molecular weight is 671 g/mol. The molecular weight excluding hydrogens is 637 g/mol. The summed E-state index contributed by atoms with van der Waals surface area (Å²) in [7, 11) is -6.09. The first-order valence-electron chi connectivity index (χ1n) is 15.6. The zero-order chi connectivity index (χ0) is 34.1. The third-order valence-corrected chi connectivity index (χ3v) is 9.40. The average Bonchev–Trinajstić information content (AvgIpc) is 3.07. The predicted octanol–water partition coefficient (Wildman–Crippen LogP) is 6.96. The monoisotopic (exact) mass is 670 g/mol. The molecule has 5 aromatic rings. The van der Waals surface area contributed by atoms with Crippen molar-refractivity contribution >= 4 is 16.0 Å². The maximum atomic E-state index is 13.0. The molecule has 1 aromatic heterocycles. The summed E-state index contributed by atoms with van der Waals surface area (Å²) >= 11 is 0. The first-order chi connectivity index (χ1) is 22.9. The second kappa shape index (κ2) is 13.4. The molecule has 0 unspecified atom stereocenters. The Morgan fingerprint density at radius 2 is 1.23 bits per heavy atom. The number of amides is 1. The fourth-order valence-electron chi connectivity index (χ4n) is 6.68. The summed E-state index contributed by atoms with van der Waals surface area (Å²) in [5, 5.41) is 3.21. The predicted molar refractivity (Wildman–Crippen MR) is 177 cm³/mol. The second-order valence-electron chi connectivity index (χ2n) is 11.9. The van der Waals surface area contributed by atoms with Crippen LogP contribution in [0.4, 0.5) is 13.2 Å². The molecule has 0 bridgehead atoms. The van der Waals surface area contributed by atoms with E-state index in [9.17, 15) is 18.0 Å². The lowest BCUT2D eigenvalue weighted by atomic mass is 9.77. The highest BCUT2D eigenvalue weighted by atomic mass is 32.2. The van der Waals surface area contributed by atoms with Crippen LogP contribution in [-0.2, 0) is 42.3 Å². The zero-order valence-corrected chi connectivity index (χ0v) is 27.0. The lowest BCUT2D eigenvalue weighted by Crippen LogP contribution is -2.47. The smallest absolute Gasteiger partial charge is 0.485 e. The van der Waals surface area contributed by atoms with Crippen molar-refractivity contribution in [2.75, 3.05) is 6.54 Å². The molecule has 1 heterocycles. The van der Waals surface area contributed by atoms with Gasteiger partial charge in [-0.05, 0) is 73.6 Å². The Morgan fingerprint density at radius 3 is 1.73 bits per heavy atom. The van der Waals surface area contributed by atoms with Crippen LogP contribution in [0.3, 0.4) is 0 Å². The van der Waals surface area contributed by atoms with Crippen LogP contribution in [0.1, 0.15) is 38.2 Å². The number of halogens is 3. The number of aryl methyl sites for hydroxylation is 3. The van der Waals surface area contributed by atoms with Crippen LogP contribution in [0.15, 0.2) is 103 Å². The van der Waals surface area contributed by atoms with E-state index in [2.05, 4.69) is 88.7 Å². The van der Waals surface area contributed by atoms with E-state index in [0.717, 1.165) is 31.2 Å². The van der Waals surface area contributed by atoms with Gasteiger partial charge < -0.3 is 9.87 Å². The highest BCUT2D eigenvalue weighted by Crippen LogP contribution is 2.44. The maximum absolute atomic E-state index is 13.0. The van der Waals surface area contributed by atoms with E-state index in [-0.39, 0.29) is 5.91 Å². The highest BCUT2D eigenvalue weighted by Gasteiger charge is 2.38. The summed E-state index contributed by atoms with van der Waals surface area (Å²) in [6.07, 6.45) is 4.12. The fourth-order valence-corrected chi connectivity index (χ4v) is 6.68.